The molecule has 2 aliphatic heterocycles. The zero-order valence-corrected chi connectivity index (χ0v) is 20.5. The molecule has 2 N–H and O–H groups in total. The van der Waals surface area contributed by atoms with E-state index in [4.69, 9.17) is 4.74 Å². The van der Waals surface area contributed by atoms with Crippen LogP contribution in [0, 0.1) is 12.8 Å². The molecule has 1 aromatic heterocycles. The first-order valence-electron chi connectivity index (χ1n) is 13.0. The Morgan fingerprint density at radius 3 is 2.65 bits per heavy atom. The number of likely N-dealkylation sites (tertiary alicyclic amines) is 2. The number of nitrogens with zero attached hydrogens (tertiary/aromatic N) is 4. The molecule has 0 spiro atoms. The Morgan fingerprint density at radius 2 is 1.91 bits per heavy atom. The van der Waals surface area contributed by atoms with Crippen LogP contribution in [0.1, 0.15) is 48.8 Å². The normalized spacial score (nSPS) is 31.6. The van der Waals surface area contributed by atoms with Crippen LogP contribution in [0.5, 0.6) is 11.5 Å². The molecule has 2 saturated heterocycles. The SMILES string of the molecule is COc1ccc2c(c1O)[C@@]13CCN(CCn4cc(C)cn4)CC[C@@]1(O)[C@@H](C2)N(CC1CC1)CC3. The van der Waals surface area contributed by atoms with Crippen LogP contribution in [0.4, 0.5) is 0 Å². The lowest BCUT2D eigenvalue weighted by molar-refractivity contribution is -0.149. The molecule has 1 aromatic carbocycles. The number of hydrogen-bond donors (Lipinski definition) is 2. The van der Waals surface area contributed by atoms with Crippen molar-refractivity contribution in [1.82, 2.24) is 19.6 Å². The number of hydrogen-bond acceptors (Lipinski definition) is 6. The second kappa shape index (κ2) is 8.25. The zero-order valence-electron chi connectivity index (χ0n) is 20.5. The zero-order chi connectivity index (χ0) is 23.5. The van der Waals surface area contributed by atoms with E-state index < -0.39 is 11.0 Å². The standard InChI is InChI=1S/C27H38N4O3/c1-19-16-28-31(17-19)14-13-29-10-7-26-8-12-30(18-20-3-4-20)23(27(26,33)9-11-29)15-21-5-6-22(34-2)25(32)24(21)26/h5-6,16-17,20,23,32-33H,3-4,7-15,18H2,1-2H3/t23-,26+,27-/m1/s1. The quantitative estimate of drug-likeness (QED) is 0.682. The van der Waals surface area contributed by atoms with E-state index in [9.17, 15) is 10.2 Å². The molecule has 4 aliphatic rings. The molecule has 2 aliphatic carbocycles. The number of benzene rings is 1. The van der Waals surface area contributed by atoms with E-state index in [2.05, 4.69) is 34.1 Å². The summed E-state index contributed by atoms with van der Waals surface area (Å²) in [5.41, 5.74) is 2.03. The van der Waals surface area contributed by atoms with Gasteiger partial charge in [0.2, 0.25) is 0 Å². The van der Waals surface area contributed by atoms with Crippen LogP contribution in [-0.4, -0.2) is 81.3 Å². The van der Waals surface area contributed by atoms with E-state index in [1.165, 1.54) is 24.0 Å². The molecular formula is C27H38N4O3. The average molecular weight is 467 g/mol. The Balaban J connectivity index is 1.35. The van der Waals surface area contributed by atoms with Gasteiger partial charge in [-0.05, 0) is 81.6 Å². The highest BCUT2D eigenvalue weighted by Gasteiger charge is 2.64. The number of phenols is 1. The maximum atomic E-state index is 12.6. The van der Waals surface area contributed by atoms with Gasteiger partial charge in [0.05, 0.1) is 25.5 Å². The minimum atomic E-state index is -0.853. The van der Waals surface area contributed by atoms with Gasteiger partial charge in [-0.2, -0.15) is 5.10 Å². The van der Waals surface area contributed by atoms with Gasteiger partial charge in [-0.1, -0.05) is 6.07 Å². The third kappa shape index (κ3) is 3.47. The maximum Gasteiger partial charge on any atom is 0.161 e. The number of aromatic nitrogens is 2. The van der Waals surface area contributed by atoms with Gasteiger partial charge < -0.3 is 19.8 Å². The van der Waals surface area contributed by atoms with E-state index in [-0.39, 0.29) is 11.8 Å². The molecule has 3 fully saturated rings. The summed E-state index contributed by atoms with van der Waals surface area (Å²) in [6, 6.07) is 4.13. The predicted octanol–water partition coefficient (Wildman–Crippen LogP) is 2.71. The summed E-state index contributed by atoms with van der Waals surface area (Å²) in [4.78, 5) is 5.07. The van der Waals surface area contributed by atoms with Crippen molar-refractivity contribution in [1.29, 1.82) is 0 Å². The molecule has 7 nitrogen and oxygen atoms in total. The molecule has 3 atom stereocenters. The average Bonchev–Trinajstić information content (AvgIpc) is 3.57. The van der Waals surface area contributed by atoms with Gasteiger partial charge in [0.25, 0.3) is 0 Å². The highest BCUT2D eigenvalue weighted by Crippen LogP contribution is 2.59. The summed E-state index contributed by atoms with van der Waals surface area (Å²) in [5.74, 6) is 1.55. The van der Waals surface area contributed by atoms with Crippen LogP contribution >= 0.6 is 0 Å². The van der Waals surface area contributed by atoms with Crippen molar-refractivity contribution in [3.63, 3.8) is 0 Å². The molecule has 7 heteroatoms. The fraction of sp³-hybridized carbons (Fsp3) is 0.667. The van der Waals surface area contributed by atoms with Crippen LogP contribution in [0.15, 0.2) is 24.5 Å². The molecule has 0 radical (unpaired) electrons. The fourth-order valence-electron chi connectivity index (χ4n) is 7.23. The second-order valence-corrected chi connectivity index (χ2v) is 11.2. The lowest BCUT2D eigenvalue weighted by Crippen LogP contribution is -2.71. The number of phenolic OH excluding ortho intramolecular Hbond substituents is 1. The van der Waals surface area contributed by atoms with Crippen molar-refractivity contribution in [2.75, 3.05) is 39.8 Å². The molecule has 184 valence electrons. The van der Waals surface area contributed by atoms with E-state index >= 15 is 0 Å². The largest absolute Gasteiger partial charge is 0.504 e. The summed E-state index contributed by atoms with van der Waals surface area (Å²) in [6.07, 6.45) is 9.90. The van der Waals surface area contributed by atoms with Crippen molar-refractivity contribution in [3.05, 3.63) is 41.2 Å². The Morgan fingerprint density at radius 1 is 1.12 bits per heavy atom. The van der Waals surface area contributed by atoms with Crippen molar-refractivity contribution < 1.29 is 14.9 Å². The number of aliphatic hydroxyl groups is 1. The van der Waals surface area contributed by atoms with Gasteiger partial charge in [0.15, 0.2) is 11.5 Å². The minimum Gasteiger partial charge on any atom is -0.504 e. The first kappa shape index (κ1) is 22.4. The highest BCUT2D eigenvalue weighted by atomic mass is 16.5. The summed E-state index contributed by atoms with van der Waals surface area (Å²) in [6.45, 7) is 7.71. The van der Waals surface area contributed by atoms with Gasteiger partial charge in [-0.15, -0.1) is 0 Å². The number of rotatable bonds is 6. The van der Waals surface area contributed by atoms with Gasteiger partial charge >= 0.3 is 0 Å². The predicted molar refractivity (Wildman–Crippen MR) is 130 cm³/mol. The molecule has 1 saturated carbocycles. The molecule has 2 bridgehead atoms. The topological polar surface area (TPSA) is 74.0 Å². The Kier molecular flexibility index (Phi) is 5.43. The van der Waals surface area contributed by atoms with Crippen molar-refractivity contribution in [2.45, 2.75) is 69.1 Å². The third-order valence-corrected chi connectivity index (χ3v) is 9.25. The minimum absolute atomic E-state index is 0.107. The second-order valence-electron chi connectivity index (χ2n) is 11.2. The van der Waals surface area contributed by atoms with Gasteiger partial charge in [-0.25, -0.2) is 0 Å². The number of methoxy groups -OCH3 is 1. The number of aryl methyl sites for hydroxylation is 1. The number of piperidine rings is 1. The summed E-state index contributed by atoms with van der Waals surface area (Å²) in [7, 11) is 1.61. The van der Waals surface area contributed by atoms with E-state index in [0.717, 1.165) is 76.4 Å². The summed E-state index contributed by atoms with van der Waals surface area (Å²) < 4.78 is 7.54. The summed E-state index contributed by atoms with van der Waals surface area (Å²) in [5, 5.41) is 28.5. The molecular weight excluding hydrogens is 428 g/mol. The smallest absolute Gasteiger partial charge is 0.161 e. The van der Waals surface area contributed by atoms with Crippen LogP contribution in [0.3, 0.4) is 0 Å². The Bertz CT molecular complexity index is 1070. The fourth-order valence-corrected chi connectivity index (χ4v) is 7.23. The monoisotopic (exact) mass is 466 g/mol. The molecule has 2 aromatic rings. The molecule has 0 amide bonds. The highest BCUT2D eigenvalue weighted by molar-refractivity contribution is 5.58. The third-order valence-electron chi connectivity index (χ3n) is 9.25. The Labute approximate surface area is 202 Å². The first-order chi connectivity index (χ1) is 16.4. The van der Waals surface area contributed by atoms with Crippen LogP contribution < -0.4 is 4.74 Å². The van der Waals surface area contributed by atoms with Crippen LogP contribution in [0.2, 0.25) is 0 Å². The molecule has 6 rings (SSSR count). The Hall–Kier alpha value is -2.09. The van der Waals surface area contributed by atoms with Gasteiger partial charge in [-0.3, -0.25) is 9.58 Å². The van der Waals surface area contributed by atoms with Gasteiger partial charge in [0, 0.05) is 42.9 Å². The number of aromatic hydroxyl groups is 1. The lowest BCUT2D eigenvalue weighted by atomic mass is 9.52. The summed E-state index contributed by atoms with van der Waals surface area (Å²) >= 11 is 0. The van der Waals surface area contributed by atoms with E-state index in [1.807, 2.05) is 16.9 Å². The number of ether oxygens (including phenoxy) is 1. The first-order valence-corrected chi connectivity index (χ1v) is 13.0. The number of fused-ring (bicyclic) bond motifs is 1. The van der Waals surface area contributed by atoms with E-state index in [1.54, 1.807) is 7.11 Å². The molecule has 34 heavy (non-hydrogen) atoms. The van der Waals surface area contributed by atoms with E-state index in [0.29, 0.717) is 5.75 Å². The van der Waals surface area contributed by atoms with Crippen molar-refractivity contribution >= 4 is 0 Å². The van der Waals surface area contributed by atoms with Crippen molar-refractivity contribution in [3.8, 4) is 11.5 Å². The van der Waals surface area contributed by atoms with Crippen LogP contribution in [0.25, 0.3) is 0 Å². The lowest BCUT2D eigenvalue weighted by Gasteiger charge is -2.61. The van der Waals surface area contributed by atoms with Crippen LogP contribution in [-0.2, 0) is 18.4 Å². The van der Waals surface area contributed by atoms with Crippen molar-refractivity contribution in [2.24, 2.45) is 5.92 Å². The van der Waals surface area contributed by atoms with Gasteiger partial charge in [0.1, 0.15) is 0 Å². The maximum absolute atomic E-state index is 12.6. The molecule has 0 unspecified atom stereocenters. The molecule has 3 heterocycles.